The first kappa shape index (κ1) is 7.77. The summed E-state index contributed by atoms with van der Waals surface area (Å²) < 4.78 is 0. The van der Waals surface area contributed by atoms with Crippen LogP contribution in [0.5, 0.6) is 0 Å². The molecule has 1 heterocycles. The first-order valence-electron chi connectivity index (χ1n) is 4.32. The van der Waals surface area contributed by atoms with Gasteiger partial charge < -0.3 is 5.73 Å². The van der Waals surface area contributed by atoms with Crippen molar-refractivity contribution in [2.75, 3.05) is 13.6 Å². The third kappa shape index (κ3) is 1.13. The summed E-state index contributed by atoms with van der Waals surface area (Å²) in [6, 6.07) is 8.42. The minimum absolute atomic E-state index is 0.0925. The molecule has 0 aromatic heterocycles. The van der Waals surface area contributed by atoms with Gasteiger partial charge >= 0.3 is 0 Å². The van der Waals surface area contributed by atoms with Gasteiger partial charge in [-0.3, -0.25) is 4.90 Å². The third-order valence-electron chi connectivity index (χ3n) is 2.58. The van der Waals surface area contributed by atoms with Crippen molar-refractivity contribution in [3.05, 3.63) is 35.4 Å². The van der Waals surface area contributed by atoms with Crippen molar-refractivity contribution in [2.45, 2.75) is 12.6 Å². The minimum Gasteiger partial charge on any atom is -0.312 e. The molecule has 2 rings (SSSR count). The van der Waals surface area contributed by atoms with Gasteiger partial charge in [0.1, 0.15) is 0 Å². The van der Waals surface area contributed by atoms with Crippen LogP contribution in [0.15, 0.2) is 24.3 Å². The van der Waals surface area contributed by atoms with Crippen LogP contribution in [-0.2, 0) is 6.42 Å². The molecule has 0 bridgehead atoms. The van der Waals surface area contributed by atoms with Crippen molar-refractivity contribution in [1.82, 2.24) is 4.90 Å². The first-order chi connectivity index (χ1) is 5.79. The average molecular weight is 162 g/mol. The van der Waals surface area contributed by atoms with E-state index in [1.54, 1.807) is 0 Å². The molecule has 1 aromatic rings. The Kier molecular flexibility index (Phi) is 1.87. The van der Waals surface area contributed by atoms with Gasteiger partial charge in [-0.25, -0.2) is 0 Å². The van der Waals surface area contributed by atoms with Crippen LogP contribution in [0.1, 0.15) is 17.3 Å². The number of nitrogens with two attached hydrogens (primary N) is 1. The van der Waals surface area contributed by atoms with Crippen LogP contribution in [0.4, 0.5) is 0 Å². The van der Waals surface area contributed by atoms with Crippen molar-refractivity contribution in [3.8, 4) is 0 Å². The molecule has 1 unspecified atom stereocenters. The highest BCUT2D eigenvalue weighted by atomic mass is 15.2. The second-order valence-electron chi connectivity index (χ2n) is 3.37. The fourth-order valence-corrected chi connectivity index (χ4v) is 1.72. The number of benzene rings is 1. The molecule has 0 saturated carbocycles. The van der Waals surface area contributed by atoms with Gasteiger partial charge in [0.2, 0.25) is 0 Å². The monoisotopic (exact) mass is 162 g/mol. The SMILES string of the molecule is CN1CCc2ccccc2C1N. The highest BCUT2D eigenvalue weighted by molar-refractivity contribution is 5.31. The largest absolute Gasteiger partial charge is 0.312 e. The first-order valence-corrected chi connectivity index (χ1v) is 4.32. The zero-order valence-electron chi connectivity index (χ0n) is 7.33. The second kappa shape index (κ2) is 2.88. The van der Waals surface area contributed by atoms with E-state index in [-0.39, 0.29) is 6.17 Å². The number of nitrogens with zero attached hydrogens (tertiary/aromatic N) is 1. The fraction of sp³-hybridized carbons (Fsp3) is 0.400. The number of hydrogen-bond donors (Lipinski definition) is 1. The van der Waals surface area contributed by atoms with E-state index in [0.717, 1.165) is 13.0 Å². The Balaban J connectivity index is 2.42. The van der Waals surface area contributed by atoms with Gasteiger partial charge in [0.25, 0.3) is 0 Å². The van der Waals surface area contributed by atoms with Gasteiger partial charge in [-0.1, -0.05) is 24.3 Å². The number of hydrogen-bond acceptors (Lipinski definition) is 2. The van der Waals surface area contributed by atoms with Crippen molar-refractivity contribution >= 4 is 0 Å². The molecule has 1 aliphatic heterocycles. The predicted molar refractivity (Wildman–Crippen MR) is 49.7 cm³/mol. The molecule has 0 fully saturated rings. The molecule has 0 amide bonds. The van der Waals surface area contributed by atoms with E-state index in [9.17, 15) is 0 Å². The van der Waals surface area contributed by atoms with Crippen LogP contribution in [0, 0.1) is 0 Å². The van der Waals surface area contributed by atoms with Gasteiger partial charge in [0.05, 0.1) is 6.17 Å². The lowest BCUT2D eigenvalue weighted by atomic mass is 9.98. The molecule has 64 valence electrons. The molecule has 1 atom stereocenters. The van der Waals surface area contributed by atoms with E-state index in [1.165, 1.54) is 11.1 Å². The van der Waals surface area contributed by atoms with Gasteiger partial charge in [-0.2, -0.15) is 0 Å². The smallest absolute Gasteiger partial charge is 0.0835 e. The van der Waals surface area contributed by atoms with Crippen molar-refractivity contribution in [1.29, 1.82) is 0 Å². The Bertz CT molecular complexity index is 283. The molecule has 12 heavy (non-hydrogen) atoms. The van der Waals surface area contributed by atoms with Crippen LogP contribution in [0.25, 0.3) is 0 Å². The van der Waals surface area contributed by atoms with Crippen LogP contribution in [0.3, 0.4) is 0 Å². The molecule has 0 radical (unpaired) electrons. The van der Waals surface area contributed by atoms with Crippen molar-refractivity contribution < 1.29 is 0 Å². The highest BCUT2D eigenvalue weighted by Gasteiger charge is 2.19. The Morgan fingerprint density at radius 3 is 3.00 bits per heavy atom. The lowest BCUT2D eigenvalue weighted by molar-refractivity contribution is 0.236. The molecule has 2 N–H and O–H groups in total. The molecule has 0 spiro atoms. The summed E-state index contributed by atoms with van der Waals surface area (Å²) in [7, 11) is 2.07. The molecule has 0 saturated heterocycles. The lowest BCUT2D eigenvalue weighted by Crippen LogP contribution is -2.37. The summed E-state index contributed by atoms with van der Waals surface area (Å²) in [6.45, 7) is 1.07. The van der Waals surface area contributed by atoms with Crippen LogP contribution < -0.4 is 5.73 Å². The minimum atomic E-state index is 0.0925. The zero-order valence-corrected chi connectivity index (χ0v) is 7.33. The van der Waals surface area contributed by atoms with E-state index in [4.69, 9.17) is 5.73 Å². The topological polar surface area (TPSA) is 29.3 Å². The fourth-order valence-electron chi connectivity index (χ4n) is 1.72. The van der Waals surface area contributed by atoms with E-state index in [1.807, 2.05) is 0 Å². The van der Waals surface area contributed by atoms with E-state index < -0.39 is 0 Å². The third-order valence-corrected chi connectivity index (χ3v) is 2.58. The molecular weight excluding hydrogens is 148 g/mol. The summed E-state index contributed by atoms with van der Waals surface area (Å²) in [5, 5.41) is 0. The molecule has 1 aliphatic rings. The predicted octanol–water partition coefficient (Wildman–Crippen LogP) is 1.13. The standard InChI is InChI=1S/C10H14N2/c1-12-7-6-8-4-2-3-5-9(8)10(12)11/h2-5,10H,6-7,11H2,1H3. The van der Waals surface area contributed by atoms with Crippen molar-refractivity contribution in [2.24, 2.45) is 5.73 Å². The highest BCUT2D eigenvalue weighted by Crippen LogP contribution is 2.23. The summed E-state index contributed by atoms with van der Waals surface area (Å²) in [5.74, 6) is 0. The Morgan fingerprint density at radius 2 is 2.17 bits per heavy atom. The van der Waals surface area contributed by atoms with E-state index in [2.05, 4.69) is 36.2 Å². The Labute approximate surface area is 73.0 Å². The maximum absolute atomic E-state index is 6.02. The quantitative estimate of drug-likeness (QED) is 0.619. The summed E-state index contributed by atoms with van der Waals surface area (Å²) in [5.41, 5.74) is 8.70. The van der Waals surface area contributed by atoms with Crippen LogP contribution >= 0.6 is 0 Å². The molecule has 0 aliphatic carbocycles. The number of likely N-dealkylation sites (N-methyl/N-ethyl adjacent to an activating group) is 1. The number of rotatable bonds is 0. The maximum Gasteiger partial charge on any atom is 0.0835 e. The number of fused-ring (bicyclic) bond motifs is 1. The van der Waals surface area contributed by atoms with Crippen molar-refractivity contribution in [3.63, 3.8) is 0 Å². The molecule has 1 aromatic carbocycles. The van der Waals surface area contributed by atoms with Crippen LogP contribution in [0.2, 0.25) is 0 Å². The van der Waals surface area contributed by atoms with Gasteiger partial charge in [0.15, 0.2) is 0 Å². The normalized spacial score (nSPS) is 23.7. The summed E-state index contributed by atoms with van der Waals surface area (Å²) in [6.07, 6.45) is 1.22. The zero-order chi connectivity index (χ0) is 8.55. The molecule has 2 nitrogen and oxygen atoms in total. The van der Waals surface area contributed by atoms with E-state index in [0.29, 0.717) is 0 Å². The van der Waals surface area contributed by atoms with Gasteiger partial charge in [-0.05, 0) is 24.6 Å². The van der Waals surface area contributed by atoms with Gasteiger partial charge in [0, 0.05) is 6.54 Å². The maximum atomic E-state index is 6.02. The summed E-state index contributed by atoms with van der Waals surface area (Å²) in [4.78, 5) is 2.18. The van der Waals surface area contributed by atoms with Crippen LogP contribution in [-0.4, -0.2) is 18.5 Å². The Morgan fingerprint density at radius 1 is 1.42 bits per heavy atom. The van der Waals surface area contributed by atoms with Gasteiger partial charge in [-0.15, -0.1) is 0 Å². The van der Waals surface area contributed by atoms with E-state index >= 15 is 0 Å². The Hall–Kier alpha value is -0.860. The molecule has 2 heteroatoms. The lowest BCUT2D eigenvalue weighted by Gasteiger charge is -2.31. The molecular formula is C10H14N2. The second-order valence-corrected chi connectivity index (χ2v) is 3.37. The average Bonchev–Trinajstić information content (AvgIpc) is 2.12. The summed E-state index contributed by atoms with van der Waals surface area (Å²) >= 11 is 0.